The van der Waals surface area contributed by atoms with E-state index in [9.17, 15) is 4.79 Å². The highest BCUT2D eigenvalue weighted by Crippen LogP contribution is 2.10. The predicted molar refractivity (Wildman–Crippen MR) is 94.5 cm³/mol. The normalized spacial score (nSPS) is 15.3. The lowest BCUT2D eigenvalue weighted by Crippen LogP contribution is -2.51. The molecule has 1 fully saturated rings. The maximum Gasteiger partial charge on any atom is 0.317 e. The van der Waals surface area contributed by atoms with Crippen molar-refractivity contribution in [3.05, 3.63) is 65.5 Å². The molecule has 1 N–H and O–H groups in total. The first-order valence-corrected chi connectivity index (χ1v) is 8.40. The van der Waals surface area contributed by atoms with Crippen LogP contribution in [0.5, 0.6) is 0 Å². The molecular weight excluding hydrogens is 300 g/mol. The number of amides is 2. The Morgan fingerprint density at radius 1 is 1.08 bits per heavy atom. The lowest BCUT2D eigenvalue weighted by atomic mass is 10.1. The molecule has 1 aromatic heterocycles. The van der Waals surface area contributed by atoms with Gasteiger partial charge in [-0.05, 0) is 24.1 Å². The van der Waals surface area contributed by atoms with Gasteiger partial charge in [0.15, 0.2) is 0 Å². The van der Waals surface area contributed by atoms with Crippen LogP contribution in [-0.4, -0.2) is 47.0 Å². The van der Waals surface area contributed by atoms with E-state index in [4.69, 9.17) is 0 Å². The number of carbonyl (C=O) groups excluding carboxylic acids is 1. The first-order valence-electron chi connectivity index (χ1n) is 8.40. The number of aryl methyl sites for hydroxylation is 1. The van der Waals surface area contributed by atoms with E-state index >= 15 is 0 Å². The largest absolute Gasteiger partial charge is 0.334 e. The van der Waals surface area contributed by atoms with Crippen LogP contribution in [0.15, 0.2) is 48.8 Å². The van der Waals surface area contributed by atoms with Crippen LogP contribution in [0.2, 0.25) is 0 Å². The zero-order valence-corrected chi connectivity index (χ0v) is 14.1. The molecule has 0 unspecified atom stereocenters. The van der Waals surface area contributed by atoms with Crippen LogP contribution < -0.4 is 5.32 Å². The van der Waals surface area contributed by atoms with Gasteiger partial charge in [0.1, 0.15) is 0 Å². The number of piperazine rings is 1. The molecule has 0 atom stereocenters. The molecule has 0 saturated carbocycles. The van der Waals surface area contributed by atoms with Crippen molar-refractivity contribution in [3.8, 4) is 0 Å². The third kappa shape index (κ3) is 4.55. The molecule has 0 radical (unpaired) electrons. The molecular formula is C19H24N4O. The van der Waals surface area contributed by atoms with Gasteiger partial charge in [-0.2, -0.15) is 0 Å². The summed E-state index contributed by atoms with van der Waals surface area (Å²) in [6.45, 7) is 6.94. The van der Waals surface area contributed by atoms with E-state index < -0.39 is 0 Å². The van der Waals surface area contributed by atoms with Gasteiger partial charge in [-0.15, -0.1) is 0 Å². The van der Waals surface area contributed by atoms with E-state index in [-0.39, 0.29) is 6.03 Å². The molecule has 1 aliphatic heterocycles. The first kappa shape index (κ1) is 16.5. The van der Waals surface area contributed by atoms with Gasteiger partial charge in [0, 0.05) is 51.7 Å². The monoisotopic (exact) mass is 324 g/mol. The molecule has 5 heteroatoms. The van der Waals surface area contributed by atoms with E-state index in [1.807, 2.05) is 17.0 Å². The van der Waals surface area contributed by atoms with Gasteiger partial charge < -0.3 is 10.2 Å². The summed E-state index contributed by atoms with van der Waals surface area (Å²) in [7, 11) is 0. The molecule has 1 saturated heterocycles. The maximum absolute atomic E-state index is 12.2. The fourth-order valence-electron chi connectivity index (χ4n) is 2.85. The fourth-order valence-corrected chi connectivity index (χ4v) is 2.85. The molecule has 3 rings (SSSR count). The van der Waals surface area contributed by atoms with Crippen LogP contribution in [0.1, 0.15) is 16.7 Å². The summed E-state index contributed by atoms with van der Waals surface area (Å²) >= 11 is 0. The summed E-state index contributed by atoms with van der Waals surface area (Å²) in [6.07, 6.45) is 3.51. The lowest BCUT2D eigenvalue weighted by molar-refractivity contribution is 0.135. The minimum Gasteiger partial charge on any atom is -0.334 e. The number of pyridine rings is 1. The van der Waals surface area contributed by atoms with E-state index in [0.717, 1.165) is 38.3 Å². The SMILES string of the molecule is Cc1ccc(CN2CCN(C(=O)NCc3cccnc3)CC2)cc1. The average Bonchev–Trinajstić information content (AvgIpc) is 2.63. The zero-order chi connectivity index (χ0) is 16.8. The Bertz CT molecular complexity index is 649. The molecule has 1 aliphatic rings. The van der Waals surface area contributed by atoms with Gasteiger partial charge in [-0.25, -0.2) is 4.79 Å². The molecule has 24 heavy (non-hydrogen) atoms. The zero-order valence-electron chi connectivity index (χ0n) is 14.1. The van der Waals surface area contributed by atoms with Crippen molar-refractivity contribution in [3.63, 3.8) is 0 Å². The Hall–Kier alpha value is -2.40. The summed E-state index contributed by atoms with van der Waals surface area (Å²) in [5.41, 5.74) is 3.63. The van der Waals surface area contributed by atoms with Crippen molar-refractivity contribution in [1.29, 1.82) is 0 Å². The van der Waals surface area contributed by atoms with Crippen molar-refractivity contribution < 1.29 is 4.79 Å². The molecule has 2 aromatic rings. The van der Waals surface area contributed by atoms with E-state index in [1.165, 1.54) is 11.1 Å². The third-order valence-corrected chi connectivity index (χ3v) is 4.35. The smallest absolute Gasteiger partial charge is 0.317 e. The number of urea groups is 1. The molecule has 1 aromatic carbocycles. The summed E-state index contributed by atoms with van der Waals surface area (Å²) in [4.78, 5) is 20.6. The Morgan fingerprint density at radius 3 is 2.50 bits per heavy atom. The number of benzene rings is 1. The summed E-state index contributed by atoms with van der Waals surface area (Å²) in [5.74, 6) is 0. The molecule has 126 valence electrons. The summed E-state index contributed by atoms with van der Waals surface area (Å²) in [6, 6.07) is 12.5. The highest BCUT2D eigenvalue weighted by Gasteiger charge is 2.20. The minimum atomic E-state index is 0.00818. The van der Waals surface area contributed by atoms with Crippen LogP contribution in [-0.2, 0) is 13.1 Å². The van der Waals surface area contributed by atoms with E-state index in [0.29, 0.717) is 6.54 Å². The maximum atomic E-state index is 12.2. The third-order valence-electron chi connectivity index (χ3n) is 4.35. The van der Waals surface area contributed by atoms with Crippen molar-refractivity contribution in [2.75, 3.05) is 26.2 Å². The highest BCUT2D eigenvalue weighted by atomic mass is 16.2. The lowest BCUT2D eigenvalue weighted by Gasteiger charge is -2.34. The Labute approximate surface area is 143 Å². The van der Waals surface area contributed by atoms with Gasteiger partial charge in [0.25, 0.3) is 0 Å². The van der Waals surface area contributed by atoms with Gasteiger partial charge in [0.2, 0.25) is 0 Å². The Kier molecular flexibility index (Phi) is 5.43. The molecule has 0 aliphatic carbocycles. The standard InChI is InChI=1S/C19H24N4O/c1-16-4-6-17(7-5-16)15-22-9-11-23(12-10-22)19(24)21-14-18-3-2-8-20-13-18/h2-8,13H,9-12,14-15H2,1H3,(H,21,24). The van der Waals surface area contributed by atoms with Gasteiger partial charge in [0.05, 0.1) is 0 Å². The number of rotatable bonds is 4. The number of nitrogens with one attached hydrogen (secondary N) is 1. The van der Waals surface area contributed by atoms with Crippen molar-refractivity contribution in [2.45, 2.75) is 20.0 Å². The van der Waals surface area contributed by atoms with Gasteiger partial charge in [-0.3, -0.25) is 9.88 Å². The molecule has 2 amide bonds. The summed E-state index contributed by atoms with van der Waals surface area (Å²) in [5, 5.41) is 2.97. The molecule has 0 spiro atoms. The van der Waals surface area contributed by atoms with Crippen molar-refractivity contribution in [2.24, 2.45) is 0 Å². The van der Waals surface area contributed by atoms with Gasteiger partial charge in [-0.1, -0.05) is 35.9 Å². The number of nitrogens with zero attached hydrogens (tertiary/aromatic N) is 3. The topological polar surface area (TPSA) is 48.5 Å². The second-order valence-electron chi connectivity index (χ2n) is 6.27. The second-order valence-corrected chi connectivity index (χ2v) is 6.27. The molecule has 2 heterocycles. The fraction of sp³-hybridized carbons (Fsp3) is 0.368. The minimum absolute atomic E-state index is 0.00818. The van der Waals surface area contributed by atoms with Crippen molar-refractivity contribution in [1.82, 2.24) is 20.1 Å². The number of hydrogen-bond donors (Lipinski definition) is 1. The van der Waals surface area contributed by atoms with Crippen LogP contribution >= 0.6 is 0 Å². The Morgan fingerprint density at radius 2 is 1.83 bits per heavy atom. The van der Waals surface area contributed by atoms with Crippen molar-refractivity contribution >= 4 is 6.03 Å². The number of aromatic nitrogens is 1. The Balaban J connectivity index is 1.42. The predicted octanol–water partition coefficient (Wildman–Crippen LogP) is 2.42. The second kappa shape index (κ2) is 7.93. The average molecular weight is 324 g/mol. The quantitative estimate of drug-likeness (QED) is 0.939. The highest BCUT2D eigenvalue weighted by molar-refractivity contribution is 5.74. The van der Waals surface area contributed by atoms with Crippen LogP contribution in [0, 0.1) is 6.92 Å². The van der Waals surface area contributed by atoms with Gasteiger partial charge >= 0.3 is 6.03 Å². The molecule has 5 nitrogen and oxygen atoms in total. The van der Waals surface area contributed by atoms with E-state index in [2.05, 4.69) is 46.4 Å². The van der Waals surface area contributed by atoms with E-state index in [1.54, 1.807) is 12.4 Å². The van der Waals surface area contributed by atoms with Crippen LogP contribution in [0.4, 0.5) is 4.79 Å². The van der Waals surface area contributed by atoms with Crippen LogP contribution in [0.3, 0.4) is 0 Å². The van der Waals surface area contributed by atoms with Crippen LogP contribution in [0.25, 0.3) is 0 Å². The molecule has 0 bridgehead atoms. The first-order chi connectivity index (χ1) is 11.7. The number of carbonyl (C=O) groups is 1. The number of hydrogen-bond acceptors (Lipinski definition) is 3. The summed E-state index contributed by atoms with van der Waals surface area (Å²) < 4.78 is 0.